The molecule has 3 rings (SSSR count). The number of benzene rings is 2. The number of carbonyl (C=O) groups is 2. The fourth-order valence-corrected chi connectivity index (χ4v) is 2.25. The van der Waals surface area contributed by atoms with Crippen LogP contribution in [0.3, 0.4) is 0 Å². The minimum absolute atomic E-state index is 0.0460. The van der Waals surface area contributed by atoms with Gasteiger partial charge >= 0.3 is 5.97 Å². The molecule has 1 heterocycles. The van der Waals surface area contributed by atoms with Crippen LogP contribution in [0.15, 0.2) is 48.2 Å². The number of rotatable bonds is 2. The van der Waals surface area contributed by atoms with Crippen molar-refractivity contribution in [2.45, 2.75) is 0 Å². The van der Waals surface area contributed by atoms with Crippen molar-refractivity contribution in [1.82, 2.24) is 0 Å². The highest BCUT2D eigenvalue weighted by atomic mass is 35.5. The summed E-state index contributed by atoms with van der Waals surface area (Å²) in [6.45, 7) is 0. The van der Waals surface area contributed by atoms with Crippen LogP contribution in [-0.2, 0) is 0 Å². The predicted octanol–water partition coefficient (Wildman–Crippen LogP) is 3.65. The van der Waals surface area contributed by atoms with Crippen LogP contribution in [0.4, 0.5) is 0 Å². The molecule has 21 heavy (non-hydrogen) atoms. The van der Waals surface area contributed by atoms with E-state index in [-0.39, 0.29) is 22.7 Å². The number of halogens is 1. The molecule has 0 aromatic heterocycles. The molecule has 5 heteroatoms. The van der Waals surface area contributed by atoms with Gasteiger partial charge in [0.25, 0.3) is 0 Å². The SMILES string of the molecule is O=C(O)c1ccc2c(c1)C(=O)/C(=C/c1ccccc1Cl)O2. The Hall–Kier alpha value is -2.59. The molecule has 0 spiro atoms. The van der Waals surface area contributed by atoms with E-state index in [9.17, 15) is 9.59 Å². The van der Waals surface area contributed by atoms with Gasteiger partial charge in [0.1, 0.15) is 5.75 Å². The summed E-state index contributed by atoms with van der Waals surface area (Å²) in [5, 5.41) is 9.46. The first kappa shape index (κ1) is 13.4. The Morgan fingerprint density at radius 3 is 2.67 bits per heavy atom. The van der Waals surface area contributed by atoms with E-state index in [0.717, 1.165) is 0 Å². The molecule has 0 unspecified atom stereocenters. The second kappa shape index (κ2) is 5.07. The lowest BCUT2D eigenvalue weighted by Crippen LogP contribution is -2.00. The molecule has 0 bridgehead atoms. The minimum Gasteiger partial charge on any atom is -0.478 e. The molecular weight excluding hydrogens is 292 g/mol. The first-order valence-electron chi connectivity index (χ1n) is 6.12. The Balaban J connectivity index is 2.01. The topological polar surface area (TPSA) is 63.6 Å². The molecule has 2 aromatic carbocycles. The van der Waals surface area contributed by atoms with Gasteiger partial charge in [0.2, 0.25) is 5.78 Å². The highest BCUT2D eigenvalue weighted by Crippen LogP contribution is 2.33. The van der Waals surface area contributed by atoms with Crippen LogP contribution in [0.5, 0.6) is 5.75 Å². The van der Waals surface area contributed by atoms with Gasteiger partial charge < -0.3 is 9.84 Å². The first-order valence-corrected chi connectivity index (χ1v) is 6.50. The van der Waals surface area contributed by atoms with Crippen LogP contribution < -0.4 is 4.74 Å². The van der Waals surface area contributed by atoms with Crippen molar-refractivity contribution in [1.29, 1.82) is 0 Å². The van der Waals surface area contributed by atoms with Crippen molar-refractivity contribution in [2.24, 2.45) is 0 Å². The lowest BCUT2D eigenvalue weighted by atomic mass is 10.1. The number of Topliss-reactive ketones (excluding diaryl/α,β-unsaturated/α-hetero) is 1. The zero-order valence-corrected chi connectivity index (χ0v) is 11.4. The molecule has 1 aliphatic rings. The highest BCUT2D eigenvalue weighted by Gasteiger charge is 2.28. The predicted molar refractivity (Wildman–Crippen MR) is 77.8 cm³/mol. The lowest BCUT2D eigenvalue weighted by Gasteiger charge is -2.00. The molecule has 2 aromatic rings. The molecule has 0 aliphatic carbocycles. The van der Waals surface area contributed by atoms with E-state index in [2.05, 4.69) is 0 Å². The van der Waals surface area contributed by atoms with Gasteiger partial charge in [-0.3, -0.25) is 4.79 Å². The Bertz CT molecular complexity index is 793. The number of ether oxygens (including phenoxy) is 1. The summed E-state index contributed by atoms with van der Waals surface area (Å²) >= 11 is 6.04. The maximum absolute atomic E-state index is 12.3. The maximum atomic E-state index is 12.3. The third-order valence-electron chi connectivity index (χ3n) is 3.11. The normalized spacial score (nSPS) is 14.9. The number of hydrogen-bond acceptors (Lipinski definition) is 3. The van der Waals surface area contributed by atoms with Gasteiger partial charge in [0.15, 0.2) is 5.76 Å². The molecule has 1 aliphatic heterocycles. The van der Waals surface area contributed by atoms with E-state index < -0.39 is 5.97 Å². The second-order valence-electron chi connectivity index (χ2n) is 4.48. The van der Waals surface area contributed by atoms with Crippen LogP contribution in [0, 0.1) is 0 Å². The van der Waals surface area contributed by atoms with Gasteiger partial charge in [0, 0.05) is 5.02 Å². The number of carboxylic acids is 1. The molecule has 4 nitrogen and oxygen atoms in total. The summed E-state index contributed by atoms with van der Waals surface area (Å²) in [5.41, 5.74) is 0.951. The van der Waals surface area contributed by atoms with Crippen molar-refractivity contribution >= 4 is 29.4 Å². The quantitative estimate of drug-likeness (QED) is 0.860. The fourth-order valence-electron chi connectivity index (χ4n) is 2.06. The van der Waals surface area contributed by atoms with Gasteiger partial charge in [-0.15, -0.1) is 0 Å². The van der Waals surface area contributed by atoms with Gasteiger partial charge in [-0.25, -0.2) is 4.79 Å². The number of aromatic carboxylic acids is 1. The van der Waals surface area contributed by atoms with Crippen molar-refractivity contribution in [3.8, 4) is 5.75 Å². The van der Waals surface area contributed by atoms with Gasteiger partial charge in [-0.05, 0) is 35.9 Å². The number of carbonyl (C=O) groups excluding carboxylic acids is 1. The molecule has 0 saturated carbocycles. The van der Waals surface area contributed by atoms with E-state index in [1.54, 1.807) is 30.3 Å². The molecule has 0 radical (unpaired) electrons. The van der Waals surface area contributed by atoms with Gasteiger partial charge in [-0.1, -0.05) is 29.8 Å². The molecule has 0 amide bonds. The molecule has 104 valence electrons. The summed E-state index contributed by atoms with van der Waals surface area (Å²) in [7, 11) is 0. The summed E-state index contributed by atoms with van der Waals surface area (Å²) in [6.07, 6.45) is 1.55. The summed E-state index contributed by atoms with van der Waals surface area (Å²) in [5.74, 6) is -0.967. The number of fused-ring (bicyclic) bond motifs is 1. The van der Waals surface area contributed by atoms with E-state index >= 15 is 0 Å². The standard InChI is InChI=1S/C16H9ClO4/c17-12-4-2-1-3-9(12)8-14-15(18)11-7-10(16(19)20)5-6-13(11)21-14/h1-8H,(H,19,20)/b14-8-. The number of hydrogen-bond donors (Lipinski definition) is 1. The van der Waals surface area contributed by atoms with Gasteiger partial charge in [-0.2, -0.15) is 0 Å². The zero-order chi connectivity index (χ0) is 15.0. The number of carboxylic acid groups (broad SMARTS) is 1. The van der Waals surface area contributed by atoms with E-state index in [0.29, 0.717) is 16.3 Å². The second-order valence-corrected chi connectivity index (χ2v) is 4.88. The Kier molecular flexibility index (Phi) is 3.23. The molecule has 0 saturated heterocycles. The summed E-state index contributed by atoms with van der Waals surface area (Å²) < 4.78 is 5.47. The Labute approximate surface area is 125 Å². The zero-order valence-electron chi connectivity index (χ0n) is 10.7. The number of allylic oxidation sites excluding steroid dienone is 1. The third kappa shape index (κ3) is 2.41. The van der Waals surface area contributed by atoms with Crippen LogP contribution in [0.1, 0.15) is 26.3 Å². The van der Waals surface area contributed by atoms with Crippen molar-refractivity contribution in [2.75, 3.05) is 0 Å². The third-order valence-corrected chi connectivity index (χ3v) is 3.45. The minimum atomic E-state index is -1.09. The van der Waals surface area contributed by atoms with E-state index in [1.807, 2.05) is 0 Å². The Morgan fingerprint density at radius 2 is 1.95 bits per heavy atom. The maximum Gasteiger partial charge on any atom is 0.335 e. The van der Waals surface area contributed by atoms with Crippen molar-refractivity contribution in [3.05, 3.63) is 69.9 Å². The first-order chi connectivity index (χ1) is 10.1. The largest absolute Gasteiger partial charge is 0.478 e. The van der Waals surface area contributed by atoms with Crippen LogP contribution >= 0.6 is 11.6 Å². The van der Waals surface area contributed by atoms with E-state index in [4.69, 9.17) is 21.4 Å². The summed E-state index contributed by atoms with van der Waals surface area (Å²) in [6, 6.07) is 11.2. The monoisotopic (exact) mass is 300 g/mol. The average Bonchev–Trinajstić information content (AvgIpc) is 2.77. The average molecular weight is 301 g/mol. The molecule has 0 fully saturated rings. The van der Waals surface area contributed by atoms with E-state index in [1.165, 1.54) is 18.2 Å². The smallest absolute Gasteiger partial charge is 0.335 e. The van der Waals surface area contributed by atoms with Crippen LogP contribution in [-0.4, -0.2) is 16.9 Å². The summed E-state index contributed by atoms with van der Waals surface area (Å²) in [4.78, 5) is 23.2. The number of ketones is 1. The lowest BCUT2D eigenvalue weighted by molar-refractivity contribution is 0.0697. The fraction of sp³-hybridized carbons (Fsp3) is 0. The highest BCUT2D eigenvalue weighted by molar-refractivity contribution is 6.32. The molecule has 0 atom stereocenters. The van der Waals surface area contributed by atoms with Crippen molar-refractivity contribution < 1.29 is 19.4 Å². The van der Waals surface area contributed by atoms with Crippen molar-refractivity contribution in [3.63, 3.8) is 0 Å². The van der Waals surface area contributed by atoms with Crippen LogP contribution in [0.25, 0.3) is 6.08 Å². The van der Waals surface area contributed by atoms with Crippen LogP contribution in [0.2, 0.25) is 5.02 Å². The molecule has 1 N–H and O–H groups in total. The van der Waals surface area contributed by atoms with Gasteiger partial charge in [0.05, 0.1) is 11.1 Å². The molecular formula is C16H9ClO4. The Morgan fingerprint density at radius 1 is 1.19 bits per heavy atom.